The maximum absolute atomic E-state index is 15.1. The number of hydrogen-bond donors (Lipinski definition) is 0. The lowest BCUT2D eigenvalue weighted by atomic mass is 9.97. The number of hydrogen-bond acceptors (Lipinski definition) is 0. The maximum Gasteiger partial charge on any atom is 0.194 e. The van der Waals surface area contributed by atoms with Crippen molar-refractivity contribution in [2.75, 3.05) is 0 Å². The van der Waals surface area contributed by atoms with Crippen molar-refractivity contribution in [3.8, 4) is 22.3 Å². The van der Waals surface area contributed by atoms with Crippen LogP contribution in [0.4, 0.5) is 22.0 Å². The van der Waals surface area contributed by atoms with Crippen molar-refractivity contribution in [2.45, 2.75) is 13.8 Å². The first-order chi connectivity index (χ1) is 15.7. The van der Waals surface area contributed by atoms with E-state index < -0.39 is 29.1 Å². The van der Waals surface area contributed by atoms with E-state index in [1.165, 1.54) is 19.1 Å². The highest BCUT2D eigenvalue weighted by Crippen LogP contribution is 2.32. The molecule has 0 aliphatic carbocycles. The van der Waals surface area contributed by atoms with Gasteiger partial charge in [0.1, 0.15) is 11.6 Å². The van der Waals surface area contributed by atoms with Crippen molar-refractivity contribution in [3.05, 3.63) is 119 Å². The van der Waals surface area contributed by atoms with E-state index in [1.807, 2.05) is 43.3 Å². The number of allylic oxidation sites excluding steroid dienone is 1. The first-order valence-electron chi connectivity index (χ1n) is 10.2. The van der Waals surface area contributed by atoms with Gasteiger partial charge in [-0.1, -0.05) is 66.2 Å². The molecule has 0 aromatic heterocycles. The van der Waals surface area contributed by atoms with Gasteiger partial charge in [0.25, 0.3) is 0 Å². The lowest BCUT2D eigenvalue weighted by molar-refractivity contribution is 0.447. The number of aryl methyl sites for hydroxylation is 1. The fourth-order valence-corrected chi connectivity index (χ4v) is 3.59. The molecular weight excluding hydrogens is 431 g/mol. The predicted octanol–water partition coefficient (Wildman–Crippen LogP) is 8.74. The summed E-state index contributed by atoms with van der Waals surface area (Å²) in [6, 6.07) is 20.2. The fraction of sp³-hybridized carbons (Fsp3) is 0.0714. The molecule has 0 atom stereocenters. The van der Waals surface area contributed by atoms with Crippen molar-refractivity contribution >= 4 is 11.4 Å². The van der Waals surface area contributed by atoms with Gasteiger partial charge < -0.3 is 0 Å². The molecule has 0 spiro atoms. The molecule has 4 rings (SSSR count). The molecule has 166 valence electrons. The van der Waals surface area contributed by atoms with E-state index in [1.54, 1.807) is 12.1 Å². The quantitative estimate of drug-likeness (QED) is 0.166. The molecule has 0 bridgehead atoms. The Hall–Kier alpha value is -3.73. The second kappa shape index (κ2) is 9.02. The molecule has 0 aliphatic rings. The minimum Gasteiger partial charge on any atom is -0.206 e. The highest BCUT2D eigenvalue weighted by atomic mass is 19.2. The molecule has 0 N–H and O–H groups in total. The van der Waals surface area contributed by atoms with Crippen LogP contribution in [0.3, 0.4) is 0 Å². The molecule has 0 amide bonds. The Balaban J connectivity index is 1.64. The average molecular weight is 450 g/mol. The minimum absolute atomic E-state index is 0.118. The Morgan fingerprint density at radius 1 is 0.576 bits per heavy atom. The van der Waals surface area contributed by atoms with Gasteiger partial charge in [-0.2, -0.15) is 0 Å². The summed E-state index contributed by atoms with van der Waals surface area (Å²) in [5.74, 6) is -5.77. The molecule has 0 heterocycles. The predicted molar refractivity (Wildman–Crippen MR) is 122 cm³/mol. The van der Waals surface area contributed by atoms with E-state index in [0.717, 1.165) is 34.9 Å². The Bertz CT molecular complexity index is 1330. The highest BCUT2D eigenvalue weighted by Gasteiger charge is 2.16. The number of halogens is 5. The van der Waals surface area contributed by atoms with Crippen LogP contribution in [0.25, 0.3) is 33.7 Å². The van der Waals surface area contributed by atoms with E-state index in [0.29, 0.717) is 5.56 Å². The zero-order valence-electron chi connectivity index (χ0n) is 17.9. The number of benzene rings is 4. The summed E-state index contributed by atoms with van der Waals surface area (Å²) in [5, 5.41) is 0. The topological polar surface area (TPSA) is 0 Å². The van der Waals surface area contributed by atoms with Gasteiger partial charge in [-0.3, -0.25) is 0 Å². The van der Waals surface area contributed by atoms with Crippen molar-refractivity contribution in [3.63, 3.8) is 0 Å². The van der Waals surface area contributed by atoms with Gasteiger partial charge in [0.05, 0.1) is 0 Å². The van der Waals surface area contributed by atoms with E-state index in [4.69, 9.17) is 0 Å². The Morgan fingerprint density at radius 2 is 1.09 bits per heavy atom. The van der Waals surface area contributed by atoms with E-state index in [-0.39, 0.29) is 22.3 Å². The third-order valence-corrected chi connectivity index (χ3v) is 5.55. The molecule has 4 aromatic carbocycles. The molecule has 0 fully saturated rings. The third-order valence-electron chi connectivity index (χ3n) is 5.55. The van der Waals surface area contributed by atoms with Crippen molar-refractivity contribution < 1.29 is 22.0 Å². The molecule has 0 saturated carbocycles. The molecule has 4 aromatic rings. The SMILES string of the molecule is C/C(=C(/F)c1ccc(-c2ccc(C)cc2)cc1)c1ccc(-c2cc(F)c(F)c(F)c2)c(F)c1. The summed E-state index contributed by atoms with van der Waals surface area (Å²) in [4.78, 5) is 0. The van der Waals surface area contributed by atoms with Crippen molar-refractivity contribution in [2.24, 2.45) is 0 Å². The fourth-order valence-electron chi connectivity index (χ4n) is 3.59. The first kappa shape index (κ1) is 22.5. The molecule has 0 unspecified atom stereocenters. The molecule has 0 nitrogen and oxygen atoms in total. The van der Waals surface area contributed by atoms with Crippen LogP contribution in [0.1, 0.15) is 23.6 Å². The molecule has 0 aliphatic heterocycles. The second-order valence-electron chi connectivity index (χ2n) is 7.83. The minimum atomic E-state index is -1.62. The summed E-state index contributed by atoms with van der Waals surface area (Å²) in [5.41, 5.74) is 3.66. The van der Waals surface area contributed by atoms with Gasteiger partial charge >= 0.3 is 0 Å². The van der Waals surface area contributed by atoms with Crippen LogP contribution in [0, 0.1) is 30.2 Å². The average Bonchev–Trinajstić information content (AvgIpc) is 2.82. The normalized spacial score (nSPS) is 12.0. The van der Waals surface area contributed by atoms with Crippen LogP contribution < -0.4 is 0 Å². The van der Waals surface area contributed by atoms with Crippen LogP contribution in [0.15, 0.2) is 78.9 Å². The lowest BCUT2D eigenvalue weighted by Crippen LogP contribution is -1.94. The van der Waals surface area contributed by atoms with E-state index >= 15 is 4.39 Å². The summed E-state index contributed by atoms with van der Waals surface area (Å²) < 4.78 is 70.1. The van der Waals surface area contributed by atoms with Gasteiger partial charge in [-0.25, -0.2) is 22.0 Å². The van der Waals surface area contributed by atoms with Gasteiger partial charge in [0.15, 0.2) is 17.5 Å². The third kappa shape index (κ3) is 4.58. The smallest absolute Gasteiger partial charge is 0.194 e. The van der Waals surface area contributed by atoms with Crippen LogP contribution in [0.5, 0.6) is 0 Å². The number of rotatable bonds is 4. The van der Waals surface area contributed by atoms with Gasteiger partial charge in [-0.15, -0.1) is 0 Å². The largest absolute Gasteiger partial charge is 0.206 e. The van der Waals surface area contributed by atoms with Crippen LogP contribution in [-0.4, -0.2) is 0 Å². The van der Waals surface area contributed by atoms with Gasteiger partial charge in [-0.05, 0) is 59.9 Å². The van der Waals surface area contributed by atoms with Crippen LogP contribution in [0.2, 0.25) is 0 Å². The van der Waals surface area contributed by atoms with Gasteiger partial charge in [0.2, 0.25) is 0 Å². The van der Waals surface area contributed by atoms with E-state index in [2.05, 4.69) is 0 Å². The van der Waals surface area contributed by atoms with Crippen molar-refractivity contribution in [1.82, 2.24) is 0 Å². The first-order valence-corrected chi connectivity index (χ1v) is 10.2. The Labute approximate surface area is 188 Å². The molecule has 33 heavy (non-hydrogen) atoms. The molecule has 0 saturated heterocycles. The monoisotopic (exact) mass is 450 g/mol. The summed E-state index contributed by atoms with van der Waals surface area (Å²) in [6.07, 6.45) is 0. The summed E-state index contributed by atoms with van der Waals surface area (Å²) in [6.45, 7) is 3.52. The van der Waals surface area contributed by atoms with Crippen LogP contribution in [-0.2, 0) is 0 Å². The van der Waals surface area contributed by atoms with Crippen molar-refractivity contribution in [1.29, 1.82) is 0 Å². The molecule has 0 radical (unpaired) electrons. The Morgan fingerprint density at radius 3 is 1.64 bits per heavy atom. The standard InChI is InChI=1S/C28H19F5/c1-16-3-5-18(6-4-16)19-7-9-20(10-8-19)27(32)17(2)21-11-12-23(24(29)13-21)22-14-25(30)28(33)26(31)15-22/h3-15H,1-2H3/b27-17-. The van der Waals surface area contributed by atoms with Gasteiger partial charge in [0, 0.05) is 11.1 Å². The second-order valence-corrected chi connectivity index (χ2v) is 7.83. The lowest BCUT2D eigenvalue weighted by Gasteiger charge is -2.10. The zero-order valence-corrected chi connectivity index (χ0v) is 17.9. The zero-order chi connectivity index (χ0) is 23.7. The van der Waals surface area contributed by atoms with E-state index in [9.17, 15) is 17.6 Å². The highest BCUT2D eigenvalue weighted by molar-refractivity contribution is 5.87. The molecular formula is C28H19F5. The Kier molecular flexibility index (Phi) is 6.14. The molecule has 5 heteroatoms. The van der Waals surface area contributed by atoms with Crippen LogP contribution >= 0.6 is 0 Å². The maximum atomic E-state index is 15.1. The summed E-state index contributed by atoms with van der Waals surface area (Å²) in [7, 11) is 0. The summed E-state index contributed by atoms with van der Waals surface area (Å²) >= 11 is 0.